The molecule has 0 unspecified atom stereocenters. The lowest BCUT2D eigenvalue weighted by atomic mass is 10.1. The molecule has 0 amide bonds. The number of ketones is 1. The number of allylic oxidation sites excluding steroid dienone is 1. The average molecular weight is 263 g/mol. The maximum absolute atomic E-state index is 11.2. The predicted molar refractivity (Wildman–Crippen MR) is 58.2 cm³/mol. The number of methoxy groups -OCH3 is 1. The van der Waals surface area contributed by atoms with E-state index in [2.05, 4.69) is 20.7 Å². The molecular weight excluding hydrogens is 248 g/mol. The Morgan fingerprint density at radius 1 is 1.29 bits per heavy atom. The second-order valence-corrected chi connectivity index (χ2v) is 4.09. The normalized spacial score (nSPS) is 12.0. The van der Waals surface area contributed by atoms with E-state index in [0.717, 1.165) is 4.48 Å². The quantitative estimate of drug-likeness (QED) is 0.565. The molecule has 0 aliphatic rings. The van der Waals surface area contributed by atoms with Crippen molar-refractivity contribution in [2.24, 2.45) is 0 Å². The summed E-state index contributed by atoms with van der Waals surface area (Å²) in [6.07, 6.45) is 1.34. The van der Waals surface area contributed by atoms with Crippen molar-refractivity contribution >= 4 is 27.7 Å². The first kappa shape index (κ1) is 13.4. The summed E-state index contributed by atoms with van der Waals surface area (Å²) in [5, 5.41) is 0. The third-order valence-corrected chi connectivity index (χ3v) is 2.37. The minimum atomic E-state index is -0.372. The van der Waals surface area contributed by atoms with Crippen LogP contribution in [0.15, 0.2) is 10.1 Å². The predicted octanol–water partition coefficient (Wildman–Crippen LogP) is 2.59. The van der Waals surface area contributed by atoms with Gasteiger partial charge in [-0.2, -0.15) is 0 Å². The molecule has 0 spiro atoms. The summed E-state index contributed by atoms with van der Waals surface area (Å²) in [7, 11) is 1.33. The highest BCUT2D eigenvalue weighted by atomic mass is 79.9. The third-order valence-electron chi connectivity index (χ3n) is 1.90. The number of rotatable bonds is 5. The molecule has 3 nitrogen and oxygen atoms in total. The van der Waals surface area contributed by atoms with Gasteiger partial charge in [-0.15, -0.1) is 0 Å². The molecule has 0 saturated carbocycles. The molecule has 0 heterocycles. The van der Waals surface area contributed by atoms with Crippen molar-refractivity contribution in [2.75, 3.05) is 7.11 Å². The van der Waals surface area contributed by atoms with Crippen LogP contribution in [-0.4, -0.2) is 18.9 Å². The van der Waals surface area contributed by atoms with Crippen LogP contribution in [-0.2, 0) is 14.3 Å². The van der Waals surface area contributed by atoms with E-state index in [1.54, 1.807) is 6.92 Å². The maximum atomic E-state index is 11.2. The van der Waals surface area contributed by atoms with E-state index in [4.69, 9.17) is 0 Å². The van der Waals surface area contributed by atoms with Crippen LogP contribution in [0.5, 0.6) is 0 Å². The molecule has 0 aromatic heterocycles. The largest absolute Gasteiger partial charge is 0.466 e. The minimum absolute atomic E-state index is 0.153. The summed E-state index contributed by atoms with van der Waals surface area (Å²) in [5.41, 5.74) is 0.536. The molecule has 0 aromatic rings. The van der Waals surface area contributed by atoms with E-state index >= 15 is 0 Å². The Bertz CT molecular complexity index is 252. The topological polar surface area (TPSA) is 43.4 Å². The lowest BCUT2D eigenvalue weighted by molar-refractivity contribution is -0.136. The summed E-state index contributed by atoms with van der Waals surface area (Å²) in [6, 6.07) is 0. The minimum Gasteiger partial charge on any atom is -0.466 e. The zero-order valence-corrected chi connectivity index (χ0v) is 10.3. The number of carbonyl (C=O) groups is 2. The van der Waals surface area contributed by atoms with Gasteiger partial charge in [-0.1, -0.05) is 22.9 Å². The number of esters is 1. The van der Waals surface area contributed by atoms with Crippen molar-refractivity contribution < 1.29 is 14.3 Å². The van der Waals surface area contributed by atoms with Gasteiger partial charge in [-0.3, -0.25) is 4.79 Å². The van der Waals surface area contributed by atoms with E-state index < -0.39 is 0 Å². The molecule has 0 rings (SSSR count). The molecule has 0 saturated heterocycles. The average Bonchev–Trinajstić information content (AvgIpc) is 2.16. The summed E-state index contributed by atoms with van der Waals surface area (Å²) in [5.74, 6) is -0.219. The molecular formula is C10H15BrO3. The summed E-state index contributed by atoms with van der Waals surface area (Å²) >= 11 is 3.22. The van der Waals surface area contributed by atoms with E-state index in [-0.39, 0.29) is 11.8 Å². The van der Waals surface area contributed by atoms with Gasteiger partial charge in [-0.05, 0) is 13.3 Å². The molecule has 0 fully saturated rings. The number of ether oxygens (including phenoxy) is 1. The lowest BCUT2D eigenvalue weighted by Crippen LogP contribution is -2.08. The van der Waals surface area contributed by atoms with Crippen LogP contribution in [0.3, 0.4) is 0 Å². The second kappa shape index (κ2) is 6.76. The number of hydrogen-bond acceptors (Lipinski definition) is 3. The fourth-order valence-corrected chi connectivity index (χ4v) is 1.34. The van der Waals surface area contributed by atoms with Crippen molar-refractivity contribution in [2.45, 2.75) is 33.1 Å². The Labute approximate surface area is 92.6 Å². The van der Waals surface area contributed by atoms with E-state index in [1.807, 2.05) is 6.92 Å². The van der Waals surface area contributed by atoms with Gasteiger partial charge in [0.05, 0.1) is 7.11 Å². The molecule has 0 aromatic carbocycles. The van der Waals surface area contributed by atoms with E-state index in [9.17, 15) is 9.59 Å². The Kier molecular flexibility index (Phi) is 6.45. The molecule has 0 aliphatic carbocycles. The Hall–Kier alpha value is -0.640. The monoisotopic (exact) mass is 262 g/mol. The van der Waals surface area contributed by atoms with Gasteiger partial charge in [0.1, 0.15) is 5.78 Å². The lowest BCUT2D eigenvalue weighted by Gasteiger charge is -2.05. The highest BCUT2D eigenvalue weighted by Crippen LogP contribution is 2.18. The highest BCUT2D eigenvalue weighted by molar-refractivity contribution is 9.11. The van der Waals surface area contributed by atoms with Crippen molar-refractivity contribution in [1.29, 1.82) is 0 Å². The molecule has 0 N–H and O–H groups in total. The van der Waals surface area contributed by atoms with Crippen LogP contribution < -0.4 is 0 Å². The first-order valence-electron chi connectivity index (χ1n) is 4.48. The number of Topliss-reactive ketones (excluding diaryl/α,β-unsaturated/α-hetero) is 1. The van der Waals surface area contributed by atoms with Crippen LogP contribution in [0.25, 0.3) is 0 Å². The van der Waals surface area contributed by atoms with Gasteiger partial charge in [0, 0.05) is 22.9 Å². The van der Waals surface area contributed by atoms with Crippen molar-refractivity contribution in [3.05, 3.63) is 10.1 Å². The van der Waals surface area contributed by atoms with Gasteiger partial charge in [0.25, 0.3) is 0 Å². The number of carbonyl (C=O) groups excluding carboxylic acids is 2. The maximum Gasteiger partial charge on any atom is 0.334 e. The van der Waals surface area contributed by atoms with Crippen LogP contribution >= 0.6 is 15.9 Å². The van der Waals surface area contributed by atoms with E-state index in [1.165, 1.54) is 7.11 Å². The fourth-order valence-electron chi connectivity index (χ4n) is 0.979. The van der Waals surface area contributed by atoms with Crippen LogP contribution in [0, 0.1) is 0 Å². The van der Waals surface area contributed by atoms with Gasteiger partial charge in [0.15, 0.2) is 0 Å². The summed E-state index contributed by atoms with van der Waals surface area (Å²) in [6.45, 7) is 3.58. The van der Waals surface area contributed by atoms with Gasteiger partial charge >= 0.3 is 5.97 Å². The Morgan fingerprint density at radius 2 is 1.86 bits per heavy atom. The van der Waals surface area contributed by atoms with Crippen LogP contribution in [0.1, 0.15) is 33.1 Å². The SMILES string of the molecule is CCC(=O)CC/C(C(=O)OC)=C(\C)Br. The van der Waals surface area contributed by atoms with Crippen molar-refractivity contribution in [3.8, 4) is 0 Å². The third kappa shape index (κ3) is 4.56. The zero-order valence-electron chi connectivity index (χ0n) is 8.72. The zero-order chi connectivity index (χ0) is 11.1. The van der Waals surface area contributed by atoms with Crippen molar-refractivity contribution in [1.82, 2.24) is 0 Å². The van der Waals surface area contributed by atoms with Crippen LogP contribution in [0.2, 0.25) is 0 Å². The fraction of sp³-hybridized carbons (Fsp3) is 0.600. The van der Waals surface area contributed by atoms with Crippen molar-refractivity contribution in [3.63, 3.8) is 0 Å². The second-order valence-electron chi connectivity index (χ2n) is 2.90. The number of halogens is 1. The molecule has 0 radical (unpaired) electrons. The molecule has 0 aliphatic heterocycles. The first-order chi connectivity index (χ1) is 6.52. The molecule has 0 bridgehead atoms. The molecule has 14 heavy (non-hydrogen) atoms. The Morgan fingerprint density at radius 3 is 2.21 bits per heavy atom. The first-order valence-corrected chi connectivity index (χ1v) is 5.27. The van der Waals surface area contributed by atoms with Gasteiger partial charge in [0.2, 0.25) is 0 Å². The van der Waals surface area contributed by atoms with Crippen LogP contribution in [0.4, 0.5) is 0 Å². The molecule has 0 atom stereocenters. The van der Waals surface area contributed by atoms with E-state index in [0.29, 0.717) is 24.8 Å². The smallest absolute Gasteiger partial charge is 0.334 e. The summed E-state index contributed by atoms with van der Waals surface area (Å²) < 4.78 is 5.33. The molecule has 80 valence electrons. The molecule has 4 heteroatoms. The summed E-state index contributed by atoms with van der Waals surface area (Å²) in [4.78, 5) is 22.3. The van der Waals surface area contributed by atoms with Gasteiger partial charge in [-0.25, -0.2) is 4.79 Å². The standard InChI is InChI=1S/C10H15BrO3/c1-4-8(12)5-6-9(7(2)11)10(13)14-3/h4-6H2,1-3H3/b9-7-. The van der Waals surface area contributed by atoms with Gasteiger partial charge < -0.3 is 4.74 Å². The highest BCUT2D eigenvalue weighted by Gasteiger charge is 2.13. The number of hydrogen-bond donors (Lipinski definition) is 0. The Balaban J connectivity index is 4.35.